The molecule has 0 radical (unpaired) electrons. The summed E-state index contributed by atoms with van der Waals surface area (Å²) in [5.41, 5.74) is 0.505. The van der Waals surface area contributed by atoms with Crippen LogP contribution in [-0.2, 0) is 6.54 Å². The number of nitrogens with one attached hydrogen (secondary N) is 1. The van der Waals surface area contributed by atoms with Crippen molar-refractivity contribution in [3.05, 3.63) is 20.8 Å². The lowest BCUT2D eigenvalue weighted by molar-refractivity contribution is 0.151. The number of hydrogen-bond donors (Lipinski definition) is 1. The van der Waals surface area contributed by atoms with Crippen LogP contribution in [0.4, 0.5) is 0 Å². The Morgan fingerprint density at radius 1 is 1.41 bits per heavy atom. The van der Waals surface area contributed by atoms with E-state index in [1.165, 1.54) is 27.9 Å². The molecule has 17 heavy (non-hydrogen) atoms. The van der Waals surface area contributed by atoms with Crippen LogP contribution in [0.25, 0.3) is 0 Å². The van der Waals surface area contributed by atoms with E-state index in [0.29, 0.717) is 11.5 Å². The van der Waals surface area contributed by atoms with Gasteiger partial charge in [-0.3, -0.25) is 0 Å². The predicted molar refractivity (Wildman–Crippen MR) is 79.4 cm³/mol. The first-order valence-electron chi connectivity index (χ1n) is 6.42. The van der Waals surface area contributed by atoms with E-state index in [1.54, 1.807) is 0 Å². The Bertz CT molecular complexity index is 372. The summed E-state index contributed by atoms with van der Waals surface area (Å²) in [6.45, 7) is 8.21. The molecule has 2 unspecified atom stereocenters. The highest BCUT2D eigenvalue weighted by Crippen LogP contribution is 2.38. The van der Waals surface area contributed by atoms with Crippen molar-refractivity contribution in [3.8, 4) is 0 Å². The van der Waals surface area contributed by atoms with Gasteiger partial charge in [0.25, 0.3) is 0 Å². The van der Waals surface area contributed by atoms with Gasteiger partial charge in [-0.25, -0.2) is 0 Å². The average molecular weight is 316 g/mol. The lowest BCUT2D eigenvalue weighted by atomic mass is 9.70. The fourth-order valence-corrected chi connectivity index (χ4v) is 4.63. The molecule has 1 aliphatic rings. The van der Waals surface area contributed by atoms with E-state index in [-0.39, 0.29) is 0 Å². The molecular formula is C14H22BrNS. The second kappa shape index (κ2) is 5.41. The topological polar surface area (TPSA) is 12.0 Å². The van der Waals surface area contributed by atoms with E-state index in [4.69, 9.17) is 0 Å². The zero-order chi connectivity index (χ0) is 12.5. The molecule has 0 bridgehead atoms. The average Bonchev–Trinajstić information content (AvgIpc) is 2.58. The normalized spacial score (nSPS) is 28.2. The van der Waals surface area contributed by atoms with Crippen LogP contribution >= 0.6 is 27.3 Å². The minimum atomic E-state index is 0.505. The van der Waals surface area contributed by atoms with Crippen molar-refractivity contribution >= 4 is 27.3 Å². The second-order valence-corrected chi connectivity index (χ2v) is 8.74. The summed E-state index contributed by atoms with van der Waals surface area (Å²) >= 11 is 5.35. The molecule has 1 N–H and O–H groups in total. The monoisotopic (exact) mass is 315 g/mol. The van der Waals surface area contributed by atoms with E-state index < -0.39 is 0 Å². The quantitative estimate of drug-likeness (QED) is 0.843. The maximum atomic E-state index is 3.73. The van der Waals surface area contributed by atoms with Gasteiger partial charge in [0, 0.05) is 17.5 Å². The van der Waals surface area contributed by atoms with Gasteiger partial charge in [0.2, 0.25) is 0 Å². The van der Waals surface area contributed by atoms with Gasteiger partial charge >= 0.3 is 0 Å². The zero-order valence-corrected chi connectivity index (χ0v) is 13.3. The van der Waals surface area contributed by atoms with Crippen LogP contribution in [0.15, 0.2) is 15.9 Å². The van der Waals surface area contributed by atoms with E-state index in [1.807, 2.05) is 11.3 Å². The fourth-order valence-electron chi connectivity index (χ4n) is 3.19. The Kier molecular flexibility index (Phi) is 4.32. The molecule has 1 fully saturated rings. The third kappa shape index (κ3) is 4.08. The molecule has 0 amide bonds. The Labute approximate surface area is 117 Å². The summed E-state index contributed by atoms with van der Waals surface area (Å²) in [4.78, 5) is 1.42. The van der Waals surface area contributed by atoms with Crippen molar-refractivity contribution in [1.82, 2.24) is 5.32 Å². The van der Waals surface area contributed by atoms with Crippen molar-refractivity contribution in [2.24, 2.45) is 11.3 Å². The molecule has 1 nitrogen and oxygen atoms in total. The van der Waals surface area contributed by atoms with Crippen molar-refractivity contribution < 1.29 is 0 Å². The third-order valence-corrected chi connectivity index (χ3v) is 5.20. The minimum Gasteiger partial charge on any atom is -0.309 e. The lowest BCUT2D eigenvalue weighted by Gasteiger charge is -2.39. The van der Waals surface area contributed by atoms with Crippen LogP contribution in [0.5, 0.6) is 0 Å². The number of rotatable bonds is 3. The molecule has 2 atom stereocenters. The van der Waals surface area contributed by atoms with Gasteiger partial charge in [-0.1, -0.05) is 20.8 Å². The van der Waals surface area contributed by atoms with E-state index in [9.17, 15) is 0 Å². The summed E-state index contributed by atoms with van der Waals surface area (Å²) in [6.07, 6.45) is 4.01. The van der Waals surface area contributed by atoms with Gasteiger partial charge in [-0.05, 0) is 58.7 Å². The van der Waals surface area contributed by atoms with Crippen LogP contribution in [0.1, 0.15) is 44.9 Å². The summed E-state index contributed by atoms with van der Waals surface area (Å²) in [5.74, 6) is 0.853. The van der Waals surface area contributed by atoms with Gasteiger partial charge in [0.05, 0.1) is 3.79 Å². The molecule has 1 aromatic heterocycles. The van der Waals surface area contributed by atoms with Gasteiger partial charge in [0.1, 0.15) is 0 Å². The Morgan fingerprint density at radius 3 is 2.76 bits per heavy atom. The first kappa shape index (κ1) is 13.6. The van der Waals surface area contributed by atoms with Crippen LogP contribution in [-0.4, -0.2) is 6.04 Å². The first-order chi connectivity index (χ1) is 7.94. The van der Waals surface area contributed by atoms with Gasteiger partial charge in [-0.2, -0.15) is 0 Å². The van der Waals surface area contributed by atoms with E-state index in [2.05, 4.69) is 54.2 Å². The Hall–Kier alpha value is 0.140. The van der Waals surface area contributed by atoms with Crippen LogP contribution < -0.4 is 5.32 Å². The molecule has 0 aromatic carbocycles. The van der Waals surface area contributed by atoms with Crippen molar-refractivity contribution in [3.63, 3.8) is 0 Å². The molecular weight excluding hydrogens is 294 g/mol. The molecule has 0 aliphatic heterocycles. The molecule has 96 valence electrons. The summed E-state index contributed by atoms with van der Waals surface area (Å²) < 4.78 is 1.23. The smallest absolute Gasteiger partial charge is 0.0701 e. The molecule has 2 rings (SSSR count). The minimum absolute atomic E-state index is 0.505. The highest BCUT2D eigenvalue weighted by molar-refractivity contribution is 9.11. The van der Waals surface area contributed by atoms with Crippen LogP contribution in [0, 0.1) is 11.3 Å². The number of halogens is 1. The standard InChI is InChI=1S/C14H22BrNS/c1-10-6-11(8-14(2,3)7-10)16-9-12-4-5-13(15)17-12/h4-5,10-11,16H,6-9H2,1-3H3. The van der Waals surface area contributed by atoms with Gasteiger partial charge in [0.15, 0.2) is 0 Å². The van der Waals surface area contributed by atoms with Gasteiger partial charge in [-0.15, -0.1) is 11.3 Å². The molecule has 3 heteroatoms. The summed E-state index contributed by atoms with van der Waals surface area (Å²) in [6, 6.07) is 5.03. The molecule has 0 spiro atoms. The molecule has 1 saturated carbocycles. The van der Waals surface area contributed by atoms with Gasteiger partial charge < -0.3 is 5.32 Å². The molecule has 1 heterocycles. The first-order valence-corrected chi connectivity index (χ1v) is 8.03. The fraction of sp³-hybridized carbons (Fsp3) is 0.714. The maximum absolute atomic E-state index is 3.73. The third-order valence-electron chi connectivity index (χ3n) is 3.58. The van der Waals surface area contributed by atoms with Crippen molar-refractivity contribution in [1.29, 1.82) is 0 Å². The van der Waals surface area contributed by atoms with Crippen molar-refractivity contribution in [2.45, 2.75) is 52.6 Å². The Balaban J connectivity index is 1.86. The van der Waals surface area contributed by atoms with E-state index >= 15 is 0 Å². The van der Waals surface area contributed by atoms with Crippen LogP contribution in [0.3, 0.4) is 0 Å². The Morgan fingerprint density at radius 2 is 2.18 bits per heavy atom. The molecule has 0 saturated heterocycles. The SMILES string of the molecule is CC1CC(NCc2ccc(Br)s2)CC(C)(C)C1. The number of hydrogen-bond acceptors (Lipinski definition) is 2. The van der Waals surface area contributed by atoms with E-state index in [0.717, 1.165) is 12.5 Å². The predicted octanol–water partition coefficient (Wildman–Crippen LogP) is 4.82. The number of thiophene rings is 1. The zero-order valence-electron chi connectivity index (χ0n) is 10.9. The second-order valence-electron chi connectivity index (χ2n) is 6.20. The van der Waals surface area contributed by atoms with Crippen LogP contribution in [0.2, 0.25) is 0 Å². The highest BCUT2D eigenvalue weighted by Gasteiger charge is 2.31. The molecule has 1 aliphatic carbocycles. The summed E-state index contributed by atoms with van der Waals surface area (Å²) in [7, 11) is 0. The highest BCUT2D eigenvalue weighted by atomic mass is 79.9. The lowest BCUT2D eigenvalue weighted by Crippen LogP contribution is -2.39. The maximum Gasteiger partial charge on any atom is 0.0701 e. The summed E-state index contributed by atoms with van der Waals surface area (Å²) in [5, 5.41) is 3.73. The largest absolute Gasteiger partial charge is 0.309 e. The molecule has 1 aromatic rings. The van der Waals surface area contributed by atoms with Crippen molar-refractivity contribution in [2.75, 3.05) is 0 Å².